The highest BCUT2D eigenvalue weighted by Gasteiger charge is 2.11. The predicted octanol–water partition coefficient (Wildman–Crippen LogP) is 1.77. The number of carbonyl (C=O) groups is 1. The lowest BCUT2D eigenvalue weighted by atomic mass is 10.1. The number of nitrogens with two attached hydrogens (primary N) is 1. The molecule has 0 heterocycles. The molecule has 0 saturated carbocycles. The first kappa shape index (κ1) is 11.4. The van der Waals surface area contributed by atoms with Gasteiger partial charge in [0.2, 0.25) is 0 Å². The van der Waals surface area contributed by atoms with E-state index in [1.165, 1.54) is 0 Å². The SMILES string of the molecule is Cc1cc(NC(C)C(=O)O)c(C)cc1N. The number of carboxylic acid groups (broad SMARTS) is 1. The molecule has 0 bridgehead atoms. The summed E-state index contributed by atoms with van der Waals surface area (Å²) in [4.78, 5) is 10.7. The summed E-state index contributed by atoms with van der Waals surface area (Å²) in [6.07, 6.45) is 0. The van der Waals surface area contributed by atoms with Gasteiger partial charge >= 0.3 is 5.97 Å². The van der Waals surface area contributed by atoms with Crippen LogP contribution in [0.4, 0.5) is 11.4 Å². The van der Waals surface area contributed by atoms with E-state index in [-0.39, 0.29) is 0 Å². The number of anilines is 2. The number of rotatable bonds is 3. The zero-order valence-corrected chi connectivity index (χ0v) is 9.16. The number of aryl methyl sites for hydroxylation is 2. The molecule has 0 aliphatic heterocycles. The van der Waals surface area contributed by atoms with Gasteiger partial charge in [-0.15, -0.1) is 0 Å². The molecule has 4 N–H and O–H groups in total. The summed E-state index contributed by atoms with van der Waals surface area (Å²) in [5.74, 6) is -0.871. The third-order valence-corrected chi connectivity index (χ3v) is 2.36. The van der Waals surface area contributed by atoms with E-state index in [0.29, 0.717) is 0 Å². The lowest BCUT2D eigenvalue weighted by Crippen LogP contribution is -2.25. The predicted molar refractivity (Wildman–Crippen MR) is 61.0 cm³/mol. The molecule has 82 valence electrons. The van der Waals surface area contributed by atoms with Crippen molar-refractivity contribution in [2.45, 2.75) is 26.8 Å². The fourth-order valence-electron chi connectivity index (χ4n) is 1.29. The first-order valence-corrected chi connectivity index (χ1v) is 4.78. The Morgan fingerprint density at radius 3 is 2.53 bits per heavy atom. The van der Waals surface area contributed by atoms with E-state index in [0.717, 1.165) is 22.5 Å². The number of benzene rings is 1. The average Bonchev–Trinajstić information content (AvgIpc) is 2.13. The van der Waals surface area contributed by atoms with Crippen LogP contribution in [0.3, 0.4) is 0 Å². The molecule has 0 spiro atoms. The maximum absolute atomic E-state index is 10.7. The zero-order chi connectivity index (χ0) is 11.6. The lowest BCUT2D eigenvalue weighted by Gasteiger charge is -2.15. The maximum atomic E-state index is 10.7. The molecule has 0 radical (unpaired) electrons. The molecule has 0 aliphatic carbocycles. The van der Waals surface area contributed by atoms with Crippen LogP contribution in [0.2, 0.25) is 0 Å². The molecule has 0 aliphatic rings. The minimum absolute atomic E-state index is 0.605. The van der Waals surface area contributed by atoms with Gasteiger partial charge in [0.15, 0.2) is 0 Å². The second-order valence-electron chi connectivity index (χ2n) is 3.73. The van der Waals surface area contributed by atoms with Gasteiger partial charge in [-0.25, -0.2) is 0 Å². The summed E-state index contributed by atoms with van der Waals surface area (Å²) in [5, 5.41) is 11.7. The highest BCUT2D eigenvalue weighted by atomic mass is 16.4. The monoisotopic (exact) mass is 208 g/mol. The van der Waals surface area contributed by atoms with E-state index < -0.39 is 12.0 Å². The Labute approximate surface area is 89.1 Å². The summed E-state index contributed by atoms with van der Waals surface area (Å²) in [6.45, 7) is 5.39. The first-order valence-electron chi connectivity index (χ1n) is 4.78. The Morgan fingerprint density at radius 2 is 2.00 bits per heavy atom. The number of carboxylic acids is 1. The van der Waals surface area contributed by atoms with Crippen LogP contribution in [0.25, 0.3) is 0 Å². The summed E-state index contributed by atoms with van der Waals surface area (Å²) in [6, 6.07) is 3.10. The van der Waals surface area contributed by atoms with Crippen molar-refractivity contribution in [3.63, 3.8) is 0 Å². The molecule has 0 aromatic heterocycles. The van der Waals surface area contributed by atoms with Crippen molar-refractivity contribution < 1.29 is 9.90 Å². The summed E-state index contributed by atoms with van der Waals surface area (Å²) >= 11 is 0. The Balaban J connectivity index is 2.95. The van der Waals surface area contributed by atoms with Crippen molar-refractivity contribution >= 4 is 17.3 Å². The van der Waals surface area contributed by atoms with E-state index >= 15 is 0 Å². The molecular formula is C11H16N2O2. The van der Waals surface area contributed by atoms with Crippen LogP contribution >= 0.6 is 0 Å². The quantitative estimate of drug-likeness (QED) is 0.662. The minimum atomic E-state index is -0.871. The topological polar surface area (TPSA) is 75.3 Å². The molecule has 0 amide bonds. The molecule has 1 rings (SSSR count). The number of aliphatic carboxylic acids is 1. The average molecular weight is 208 g/mol. The van der Waals surface area contributed by atoms with Crippen molar-refractivity contribution in [2.24, 2.45) is 0 Å². The second kappa shape index (κ2) is 4.21. The smallest absolute Gasteiger partial charge is 0.325 e. The van der Waals surface area contributed by atoms with Gasteiger partial charge in [-0.2, -0.15) is 0 Å². The molecule has 1 unspecified atom stereocenters. The molecule has 0 saturated heterocycles. The number of nitrogen functional groups attached to an aromatic ring is 1. The van der Waals surface area contributed by atoms with Crippen LogP contribution in [-0.2, 0) is 4.79 Å². The highest BCUT2D eigenvalue weighted by molar-refractivity contribution is 5.77. The van der Waals surface area contributed by atoms with Gasteiger partial charge < -0.3 is 16.2 Å². The summed E-state index contributed by atoms with van der Waals surface area (Å²) < 4.78 is 0. The van der Waals surface area contributed by atoms with Crippen molar-refractivity contribution in [1.82, 2.24) is 0 Å². The Kier molecular flexibility index (Phi) is 3.19. The van der Waals surface area contributed by atoms with Crippen molar-refractivity contribution in [2.75, 3.05) is 11.1 Å². The van der Waals surface area contributed by atoms with E-state index in [1.807, 2.05) is 26.0 Å². The molecule has 1 aromatic carbocycles. The number of nitrogens with one attached hydrogen (secondary N) is 1. The molecule has 4 heteroatoms. The standard InChI is InChI=1S/C11H16N2O2/c1-6-5-10(7(2)4-9(6)12)13-8(3)11(14)15/h4-5,8,13H,12H2,1-3H3,(H,14,15). The van der Waals surface area contributed by atoms with Gasteiger partial charge in [-0.1, -0.05) is 0 Å². The van der Waals surface area contributed by atoms with Crippen LogP contribution in [-0.4, -0.2) is 17.1 Å². The Bertz CT molecular complexity index is 388. The molecule has 15 heavy (non-hydrogen) atoms. The Morgan fingerprint density at radius 1 is 1.40 bits per heavy atom. The van der Waals surface area contributed by atoms with Crippen molar-refractivity contribution in [1.29, 1.82) is 0 Å². The third-order valence-electron chi connectivity index (χ3n) is 2.36. The fourth-order valence-corrected chi connectivity index (χ4v) is 1.29. The minimum Gasteiger partial charge on any atom is -0.480 e. The lowest BCUT2D eigenvalue weighted by molar-refractivity contribution is -0.137. The third kappa shape index (κ3) is 2.62. The van der Waals surface area contributed by atoms with Gasteiger partial charge in [0, 0.05) is 11.4 Å². The van der Waals surface area contributed by atoms with Gasteiger partial charge in [0.05, 0.1) is 0 Å². The molecule has 4 nitrogen and oxygen atoms in total. The summed E-state index contributed by atoms with van der Waals surface area (Å²) in [5.41, 5.74) is 9.17. The van der Waals surface area contributed by atoms with E-state index in [9.17, 15) is 4.79 Å². The normalized spacial score (nSPS) is 12.2. The van der Waals surface area contributed by atoms with Crippen molar-refractivity contribution in [3.8, 4) is 0 Å². The highest BCUT2D eigenvalue weighted by Crippen LogP contribution is 2.22. The molecular weight excluding hydrogens is 192 g/mol. The second-order valence-corrected chi connectivity index (χ2v) is 3.73. The zero-order valence-electron chi connectivity index (χ0n) is 9.16. The molecule has 0 fully saturated rings. The number of hydrogen-bond acceptors (Lipinski definition) is 3. The van der Waals surface area contributed by atoms with E-state index in [2.05, 4.69) is 5.32 Å². The van der Waals surface area contributed by atoms with E-state index in [1.54, 1.807) is 6.92 Å². The molecule has 1 atom stereocenters. The van der Waals surface area contributed by atoms with Crippen LogP contribution in [0.5, 0.6) is 0 Å². The molecule has 1 aromatic rings. The summed E-state index contributed by atoms with van der Waals surface area (Å²) in [7, 11) is 0. The van der Waals surface area contributed by atoms with E-state index in [4.69, 9.17) is 10.8 Å². The van der Waals surface area contributed by atoms with Crippen LogP contribution in [0.15, 0.2) is 12.1 Å². The van der Waals surface area contributed by atoms with Crippen LogP contribution in [0, 0.1) is 13.8 Å². The van der Waals surface area contributed by atoms with Crippen LogP contribution in [0.1, 0.15) is 18.1 Å². The van der Waals surface area contributed by atoms with Gasteiger partial charge in [-0.3, -0.25) is 4.79 Å². The maximum Gasteiger partial charge on any atom is 0.325 e. The largest absolute Gasteiger partial charge is 0.480 e. The number of hydrogen-bond donors (Lipinski definition) is 3. The fraction of sp³-hybridized carbons (Fsp3) is 0.364. The van der Waals surface area contributed by atoms with Crippen LogP contribution < -0.4 is 11.1 Å². The van der Waals surface area contributed by atoms with Crippen molar-refractivity contribution in [3.05, 3.63) is 23.3 Å². The van der Waals surface area contributed by atoms with Gasteiger partial charge in [0.1, 0.15) is 6.04 Å². The first-order chi connectivity index (χ1) is 6.91. The van der Waals surface area contributed by atoms with Gasteiger partial charge in [0.25, 0.3) is 0 Å². The Hall–Kier alpha value is -1.71. The van der Waals surface area contributed by atoms with Gasteiger partial charge in [-0.05, 0) is 44.0 Å².